The standard InChI is InChI=1S/C21H28N4O/c1-17(16-25-12-5-6-13-25)15-23-21(22)24-18-8-7-11-20(14-18)26-19-9-3-2-4-10-19/h2-4,7-11,14,17H,5-6,12-13,15-16H2,1H3,(H3,22,23,24). The highest BCUT2D eigenvalue weighted by Crippen LogP contribution is 2.23. The molecule has 3 N–H and O–H groups in total. The molecular formula is C21H28N4O. The molecule has 1 fully saturated rings. The summed E-state index contributed by atoms with van der Waals surface area (Å²) in [6.45, 7) is 6.49. The van der Waals surface area contributed by atoms with Gasteiger partial charge in [-0.3, -0.25) is 4.99 Å². The number of nitrogens with zero attached hydrogens (tertiary/aromatic N) is 2. The maximum absolute atomic E-state index is 6.05. The molecule has 5 heteroatoms. The third-order valence-electron chi connectivity index (χ3n) is 4.43. The van der Waals surface area contributed by atoms with E-state index in [1.54, 1.807) is 0 Å². The van der Waals surface area contributed by atoms with Crippen LogP contribution < -0.4 is 15.8 Å². The average Bonchev–Trinajstić information content (AvgIpc) is 3.14. The van der Waals surface area contributed by atoms with E-state index in [4.69, 9.17) is 10.5 Å². The van der Waals surface area contributed by atoms with Crippen molar-refractivity contribution in [3.63, 3.8) is 0 Å². The van der Waals surface area contributed by atoms with E-state index in [9.17, 15) is 0 Å². The highest BCUT2D eigenvalue weighted by Gasteiger charge is 2.14. The minimum atomic E-state index is 0.440. The first-order valence-corrected chi connectivity index (χ1v) is 9.31. The fourth-order valence-corrected chi connectivity index (χ4v) is 3.17. The number of para-hydroxylation sites is 1. The van der Waals surface area contributed by atoms with E-state index in [1.807, 2.05) is 54.6 Å². The Kier molecular flexibility index (Phi) is 6.50. The van der Waals surface area contributed by atoms with Gasteiger partial charge in [-0.1, -0.05) is 31.2 Å². The topological polar surface area (TPSA) is 62.9 Å². The van der Waals surface area contributed by atoms with E-state index >= 15 is 0 Å². The SMILES string of the molecule is CC(CN=C(N)Nc1cccc(Oc2ccccc2)c1)CN1CCCC1. The summed E-state index contributed by atoms with van der Waals surface area (Å²) in [7, 11) is 0. The largest absolute Gasteiger partial charge is 0.457 e. The summed E-state index contributed by atoms with van der Waals surface area (Å²) in [6, 6.07) is 17.4. The number of rotatable bonds is 7. The number of benzene rings is 2. The summed E-state index contributed by atoms with van der Waals surface area (Å²) in [5.74, 6) is 2.51. The molecule has 0 aliphatic carbocycles. The Labute approximate surface area is 155 Å². The van der Waals surface area contributed by atoms with Crippen LogP contribution in [-0.4, -0.2) is 37.0 Å². The molecule has 0 aromatic heterocycles. The molecule has 0 bridgehead atoms. The lowest BCUT2D eigenvalue weighted by molar-refractivity contribution is 0.292. The molecule has 5 nitrogen and oxygen atoms in total. The number of hydrogen-bond donors (Lipinski definition) is 2. The van der Waals surface area contributed by atoms with Gasteiger partial charge in [-0.15, -0.1) is 0 Å². The number of likely N-dealkylation sites (tertiary alicyclic amines) is 1. The van der Waals surface area contributed by atoms with Crippen molar-refractivity contribution < 1.29 is 4.74 Å². The first kappa shape index (κ1) is 18.3. The average molecular weight is 352 g/mol. The molecule has 1 aliphatic heterocycles. The van der Waals surface area contributed by atoms with Gasteiger partial charge in [0, 0.05) is 24.8 Å². The van der Waals surface area contributed by atoms with Gasteiger partial charge in [-0.2, -0.15) is 0 Å². The number of guanidine groups is 1. The van der Waals surface area contributed by atoms with Crippen LogP contribution in [0.25, 0.3) is 0 Å². The maximum atomic E-state index is 6.05. The second-order valence-corrected chi connectivity index (χ2v) is 6.91. The molecule has 0 saturated carbocycles. The van der Waals surface area contributed by atoms with Crippen LogP contribution in [0.5, 0.6) is 11.5 Å². The molecule has 0 spiro atoms. The second-order valence-electron chi connectivity index (χ2n) is 6.91. The molecule has 1 atom stereocenters. The smallest absolute Gasteiger partial charge is 0.193 e. The molecule has 1 unspecified atom stereocenters. The fraction of sp³-hybridized carbons (Fsp3) is 0.381. The van der Waals surface area contributed by atoms with Crippen LogP contribution in [0.15, 0.2) is 59.6 Å². The Balaban J connectivity index is 1.51. The van der Waals surface area contributed by atoms with E-state index in [2.05, 4.69) is 22.1 Å². The van der Waals surface area contributed by atoms with Crippen molar-refractivity contribution in [3.05, 3.63) is 54.6 Å². The Bertz CT molecular complexity index is 711. The number of hydrogen-bond acceptors (Lipinski definition) is 3. The molecule has 0 amide bonds. The van der Waals surface area contributed by atoms with Crippen LogP contribution in [0.2, 0.25) is 0 Å². The van der Waals surface area contributed by atoms with Crippen LogP contribution in [0.3, 0.4) is 0 Å². The number of nitrogens with one attached hydrogen (secondary N) is 1. The fourth-order valence-electron chi connectivity index (χ4n) is 3.17. The normalized spacial score (nSPS) is 16.4. The van der Waals surface area contributed by atoms with Crippen molar-refractivity contribution in [1.82, 2.24) is 4.90 Å². The minimum Gasteiger partial charge on any atom is -0.457 e. The van der Waals surface area contributed by atoms with E-state index in [0.29, 0.717) is 11.9 Å². The minimum absolute atomic E-state index is 0.440. The summed E-state index contributed by atoms with van der Waals surface area (Å²) in [5.41, 5.74) is 6.92. The Morgan fingerprint density at radius 3 is 2.62 bits per heavy atom. The highest BCUT2D eigenvalue weighted by atomic mass is 16.5. The van der Waals surface area contributed by atoms with E-state index < -0.39 is 0 Å². The maximum Gasteiger partial charge on any atom is 0.193 e. The molecule has 2 aromatic carbocycles. The number of ether oxygens (including phenoxy) is 1. The first-order valence-electron chi connectivity index (χ1n) is 9.31. The predicted molar refractivity (Wildman–Crippen MR) is 108 cm³/mol. The Morgan fingerprint density at radius 2 is 1.85 bits per heavy atom. The van der Waals surface area contributed by atoms with Crippen LogP contribution in [-0.2, 0) is 0 Å². The first-order chi connectivity index (χ1) is 12.7. The zero-order chi connectivity index (χ0) is 18.2. The van der Waals surface area contributed by atoms with Gasteiger partial charge < -0.3 is 20.7 Å². The lowest BCUT2D eigenvalue weighted by Gasteiger charge is -2.18. The van der Waals surface area contributed by atoms with E-state index in [1.165, 1.54) is 25.9 Å². The van der Waals surface area contributed by atoms with Crippen LogP contribution in [0.4, 0.5) is 5.69 Å². The zero-order valence-electron chi connectivity index (χ0n) is 15.4. The van der Waals surface area contributed by atoms with E-state index in [0.717, 1.165) is 30.3 Å². The van der Waals surface area contributed by atoms with Crippen molar-refractivity contribution in [2.75, 3.05) is 31.5 Å². The van der Waals surface area contributed by atoms with Gasteiger partial charge in [-0.05, 0) is 56.1 Å². The monoisotopic (exact) mass is 352 g/mol. The third-order valence-corrected chi connectivity index (χ3v) is 4.43. The molecule has 3 rings (SSSR count). The zero-order valence-corrected chi connectivity index (χ0v) is 15.4. The lowest BCUT2D eigenvalue weighted by Crippen LogP contribution is -2.28. The predicted octanol–water partition coefficient (Wildman–Crippen LogP) is 3.94. The van der Waals surface area contributed by atoms with Crippen molar-refractivity contribution in [2.45, 2.75) is 19.8 Å². The van der Waals surface area contributed by atoms with Gasteiger partial charge >= 0.3 is 0 Å². The van der Waals surface area contributed by atoms with Gasteiger partial charge in [0.1, 0.15) is 11.5 Å². The highest BCUT2D eigenvalue weighted by molar-refractivity contribution is 5.92. The van der Waals surface area contributed by atoms with Crippen LogP contribution in [0, 0.1) is 5.92 Å². The van der Waals surface area contributed by atoms with Gasteiger partial charge in [0.05, 0.1) is 0 Å². The molecule has 1 aliphatic rings. The molecule has 0 radical (unpaired) electrons. The summed E-state index contributed by atoms with van der Waals surface area (Å²) in [4.78, 5) is 7.00. The van der Waals surface area contributed by atoms with Crippen molar-refractivity contribution >= 4 is 11.6 Å². The Hall–Kier alpha value is -2.53. The van der Waals surface area contributed by atoms with E-state index in [-0.39, 0.29) is 0 Å². The molecule has 26 heavy (non-hydrogen) atoms. The molecule has 1 saturated heterocycles. The third kappa shape index (κ3) is 5.77. The van der Waals surface area contributed by atoms with Gasteiger partial charge in [0.15, 0.2) is 5.96 Å². The number of aliphatic imine (C=N–C) groups is 1. The van der Waals surface area contributed by atoms with Gasteiger partial charge in [0.25, 0.3) is 0 Å². The second kappa shape index (κ2) is 9.25. The summed E-state index contributed by atoms with van der Waals surface area (Å²) >= 11 is 0. The summed E-state index contributed by atoms with van der Waals surface area (Å²) in [5, 5.41) is 3.15. The quantitative estimate of drug-likeness (QED) is 0.585. The summed E-state index contributed by atoms with van der Waals surface area (Å²) < 4.78 is 5.85. The molecule has 1 heterocycles. The van der Waals surface area contributed by atoms with Crippen LogP contribution in [0.1, 0.15) is 19.8 Å². The Morgan fingerprint density at radius 1 is 1.12 bits per heavy atom. The molecule has 2 aromatic rings. The summed E-state index contributed by atoms with van der Waals surface area (Å²) in [6.07, 6.45) is 2.64. The number of nitrogens with two attached hydrogens (primary N) is 1. The van der Waals surface area contributed by atoms with Crippen LogP contribution >= 0.6 is 0 Å². The number of anilines is 1. The van der Waals surface area contributed by atoms with Gasteiger partial charge in [0.2, 0.25) is 0 Å². The van der Waals surface area contributed by atoms with Crippen molar-refractivity contribution in [2.24, 2.45) is 16.6 Å². The van der Waals surface area contributed by atoms with Crippen molar-refractivity contribution in [1.29, 1.82) is 0 Å². The van der Waals surface area contributed by atoms with Gasteiger partial charge in [-0.25, -0.2) is 0 Å². The molecular weight excluding hydrogens is 324 g/mol. The lowest BCUT2D eigenvalue weighted by atomic mass is 10.2. The molecule has 138 valence electrons. The van der Waals surface area contributed by atoms with Crippen molar-refractivity contribution in [3.8, 4) is 11.5 Å².